The Morgan fingerprint density at radius 3 is 2.28 bits per heavy atom. The highest BCUT2D eigenvalue weighted by molar-refractivity contribution is 7.91. The van der Waals surface area contributed by atoms with Gasteiger partial charge in [-0.1, -0.05) is 6.92 Å². The van der Waals surface area contributed by atoms with E-state index in [-0.39, 0.29) is 11.8 Å². The Bertz CT molecular complexity index is 466. The third-order valence-electron chi connectivity index (χ3n) is 2.67. The van der Waals surface area contributed by atoms with E-state index in [1.165, 1.54) is 0 Å². The molecule has 0 spiro atoms. The molecule has 4 nitrogen and oxygen atoms in total. The number of nitrogens with two attached hydrogens (primary N) is 1. The lowest BCUT2D eigenvalue weighted by Crippen LogP contribution is -2.32. The Kier molecular flexibility index (Phi) is 5.16. The topological polar surface area (TPSA) is 63.4 Å². The van der Waals surface area contributed by atoms with Crippen LogP contribution in [0.25, 0.3) is 0 Å². The van der Waals surface area contributed by atoms with Gasteiger partial charge < -0.3 is 10.6 Å². The lowest BCUT2D eigenvalue weighted by Gasteiger charge is -2.21. The molecule has 1 atom stereocenters. The van der Waals surface area contributed by atoms with Crippen LogP contribution >= 0.6 is 0 Å². The van der Waals surface area contributed by atoms with Gasteiger partial charge in [0.1, 0.15) is 0 Å². The van der Waals surface area contributed by atoms with Gasteiger partial charge in [0, 0.05) is 25.3 Å². The molecule has 0 aliphatic rings. The third-order valence-corrected chi connectivity index (χ3v) is 4.61. The molecule has 0 amide bonds. The lowest BCUT2D eigenvalue weighted by molar-refractivity contribution is 0.594. The van der Waals surface area contributed by atoms with E-state index in [2.05, 4.69) is 0 Å². The Hall–Kier alpha value is -1.07. The summed E-state index contributed by atoms with van der Waals surface area (Å²) in [5, 5.41) is 0. The van der Waals surface area contributed by atoms with E-state index < -0.39 is 9.84 Å². The van der Waals surface area contributed by atoms with E-state index in [9.17, 15) is 8.42 Å². The number of likely N-dealkylation sites (N-methyl/N-ethyl adjacent to an activating group) is 1. The molecular formula is C13H22N2O2S. The van der Waals surface area contributed by atoms with Crippen LogP contribution in [0.15, 0.2) is 29.2 Å². The van der Waals surface area contributed by atoms with Crippen molar-refractivity contribution in [3.05, 3.63) is 24.3 Å². The minimum Gasteiger partial charge on any atom is -0.373 e. The van der Waals surface area contributed by atoms with E-state index >= 15 is 0 Å². The standard InChI is InChI=1S/C13H22N2O2S/c1-4-9-18(16,17)13-7-5-12(6-8-13)15(3)10-11(2)14/h5-8,11H,4,9-10,14H2,1-3H3. The van der Waals surface area contributed by atoms with Crippen LogP contribution in [0.4, 0.5) is 5.69 Å². The molecule has 0 saturated heterocycles. The normalized spacial score (nSPS) is 13.3. The zero-order valence-corrected chi connectivity index (χ0v) is 12.1. The van der Waals surface area contributed by atoms with Crippen LogP contribution in [0.5, 0.6) is 0 Å². The van der Waals surface area contributed by atoms with Gasteiger partial charge in [0.05, 0.1) is 10.6 Å². The smallest absolute Gasteiger partial charge is 0.178 e. The summed E-state index contributed by atoms with van der Waals surface area (Å²) in [6.45, 7) is 4.54. The van der Waals surface area contributed by atoms with Gasteiger partial charge in [0.2, 0.25) is 0 Å². The minimum atomic E-state index is -3.12. The summed E-state index contributed by atoms with van der Waals surface area (Å²) < 4.78 is 23.7. The summed E-state index contributed by atoms with van der Waals surface area (Å²) in [6.07, 6.45) is 0.634. The number of hydrogen-bond donors (Lipinski definition) is 1. The molecule has 0 saturated carbocycles. The van der Waals surface area contributed by atoms with Gasteiger partial charge in [-0.25, -0.2) is 8.42 Å². The molecule has 1 aromatic rings. The van der Waals surface area contributed by atoms with E-state index in [1.54, 1.807) is 12.1 Å². The molecule has 1 unspecified atom stereocenters. The maximum atomic E-state index is 11.9. The molecule has 1 aromatic carbocycles. The highest BCUT2D eigenvalue weighted by Crippen LogP contribution is 2.18. The maximum Gasteiger partial charge on any atom is 0.178 e. The molecule has 0 heterocycles. The Labute approximate surface area is 110 Å². The van der Waals surface area contributed by atoms with Crippen LogP contribution in [-0.4, -0.2) is 33.8 Å². The van der Waals surface area contributed by atoms with Gasteiger partial charge in [0.25, 0.3) is 0 Å². The molecule has 0 bridgehead atoms. The summed E-state index contributed by atoms with van der Waals surface area (Å²) in [5.74, 6) is 0.196. The van der Waals surface area contributed by atoms with Crippen molar-refractivity contribution in [1.29, 1.82) is 0 Å². The zero-order valence-electron chi connectivity index (χ0n) is 11.3. The molecule has 0 fully saturated rings. The minimum absolute atomic E-state index is 0.0819. The molecule has 0 radical (unpaired) electrons. The van der Waals surface area contributed by atoms with Crippen molar-refractivity contribution >= 4 is 15.5 Å². The number of rotatable bonds is 6. The van der Waals surface area contributed by atoms with Gasteiger partial charge in [-0.2, -0.15) is 0 Å². The maximum absolute atomic E-state index is 11.9. The molecule has 0 aliphatic carbocycles. The first-order valence-electron chi connectivity index (χ1n) is 6.16. The monoisotopic (exact) mass is 270 g/mol. The highest BCUT2D eigenvalue weighted by Gasteiger charge is 2.13. The van der Waals surface area contributed by atoms with Crippen LogP contribution in [-0.2, 0) is 9.84 Å². The summed E-state index contributed by atoms with van der Waals surface area (Å²) in [5.41, 5.74) is 6.71. The molecule has 18 heavy (non-hydrogen) atoms. The summed E-state index contributed by atoms with van der Waals surface area (Å²) in [7, 11) is -1.18. The second kappa shape index (κ2) is 6.20. The summed E-state index contributed by atoms with van der Waals surface area (Å²) >= 11 is 0. The predicted octanol–water partition coefficient (Wildman–Crippen LogP) is 1.65. The molecule has 0 aromatic heterocycles. The van der Waals surface area contributed by atoms with Gasteiger partial charge in [0.15, 0.2) is 9.84 Å². The SMILES string of the molecule is CCCS(=O)(=O)c1ccc(N(C)CC(C)N)cc1. The fraction of sp³-hybridized carbons (Fsp3) is 0.538. The van der Waals surface area contributed by atoms with Crippen molar-refractivity contribution in [2.45, 2.75) is 31.2 Å². The van der Waals surface area contributed by atoms with Crippen LogP contribution in [0, 0.1) is 0 Å². The summed E-state index contributed by atoms with van der Waals surface area (Å²) in [6, 6.07) is 7.06. The van der Waals surface area contributed by atoms with E-state index in [0.29, 0.717) is 11.3 Å². The van der Waals surface area contributed by atoms with E-state index in [4.69, 9.17) is 5.73 Å². The lowest BCUT2D eigenvalue weighted by atomic mass is 10.2. The summed E-state index contributed by atoms with van der Waals surface area (Å²) in [4.78, 5) is 2.41. The van der Waals surface area contributed by atoms with Crippen LogP contribution in [0.2, 0.25) is 0 Å². The fourth-order valence-electron chi connectivity index (χ4n) is 1.83. The first-order chi connectivity index (χ1) is 8.36. The number of anilines is 1. The molecule has 102 valence electrons. The second-order valence-corrected chi connectivity index (χ2v) is 6.78. The van der Waals surface area contributed by atoms with Crippen LogP contribution < -0.4 is 10.6 Å². The van der Waals surface area contributed by atoms with Crippen LogP contribution in [0.3, 0.4) is 0 Å². The van der Waals surface area contributed by atoms with E-state index in [1.807, 2.05) is 37.9 Å². The largest absolute Gasteiger partial charge is 0.373 e. The second-order valence-electron chi connectivity index (χ2n) is 4.67. The molecule has 0 aliphatic heterocycles. The van der Waals surface area contributed by atoms with Gasteiger partial charge in [-0.3, -0.25) is 0 Å². The van der Waals surface area contributed by atoms with Crippen LogP contribution in [0.1, 0.15) is 20.3 Å². The first kappa shape index (κ1) is 15.0. The number of hydrogen-bond acceptors (Lipinski definition) is 4. The van der Waals surface area contributed by atoms with Gasteiger partial charge >= 0.3 is 0 Å². The average Bonchev–Trinajstić information content (AvgIpc) is 2.28. The number of sulfone groups is 1. The highest BCUT2D eigenvalue weighted by atomic mass is 32.2. The van der Waals surface area contributed by atoms with E-state index in [0.717, 1.165) is 12.2 Å². The Morgan fingerprint density at radius 2 is 1.83 bits per heavy atom. The molecule has 5 heteroatoms. The Morgan fingerprint density at radius 1 is 1.28 bits per heavy atom. The van der Waals surface area contributed by atoms with Crippen molar-refractivity contribution in [3.63, 3.8) is 0 Å². The van der Waals surface area contributed by atoms with Crippen molar-refractivity contribution in [3.8, 4) is 0 Å². The number of nitrogens with zero attached hydrogens (tertiary/aromatic N) is 1. The van der Waals surface area contributed by atoms with Crippen molar-refractivity contribution in [2.75, 3.05) is 24.2 Å². The third kappa shape index (κ3) is 3.99. The fourth-order valence-corrected chi connectivity index (χ4v) is 3.16. The van der Waals surface area contributed by atoms with Gasteiger partial charge in [-0.05, 0) is 37.6 Å². The predicted molar refractivity (Wildman–Crippen MR) is 75.7 cm³/mol. The van der Waals surface area contributed by atoms with Crippen molar-refractivity contribution < 1.29 is 8.42 Å². The van der Waals surface area contributed by atoms with Crippen molar-refractivity contribution in [2.24, 2.45) is 5.73 Å². The first-order valence-corrected chi connectivity index (χ1v) is 7.81. The van der Waals surface area contributed by atoms with Crippen molar-refractivity contribution in [1.82, 2.24) is 0 Å². The molecule has 2 N–H and O–H groups in total. The zero-order chi connectivity index (χ0) is 13.8. The Balaban J connectivity index is 2.86. The number of benzene rings is 1. The molecule has 1 rings (SSSR count). The average molecular weight is 270 g/mol. The molecular weight excluding hydrogens is 248 g/mol. The van der Waals surface area contributed by atoms with Gasteiger partial charge in [-0.15, -0.1) is 0 Å². The quantitative estimate of drug-likeness (QED) is 0.854.